The van der Waals surface area contributed by atoms with Crippen LogP contribution in [0.4, 0.5) is 4.39 Å². The molecule has 0 spiro atoms. The molecule has 3 N–H and O–H groups in total. The van der Waals surface area contributed by atoms with Gasteiger partial charge in [0.05, 0.1) is 16.8 Å². The number of carbonyl (C=O) groups excluding carboxylic acids is 1. The fraction of sp³-hybridized carbons (Fsp3) is 0.290. The van der Waals surface area contributed by atoms with E-state index in [4.69, 9.17) is 13.9 Å². The summed E-state index contributed by atoms with van der Waals surface area (Å²) in [6.07, 6.45) is 0.979. The van der Waals surface area contributed by atoms with Gasteiger partial charge in [0.1, 0.15) is 17.8 Å². The highest BCUT2D eigenvalue weighted by Crippen LogP contribution is 2.40. The number of aromatic nitrogens is 3. The lowest BCUT2D eigenvalue weighted by atomic mass is 9.92. The number of nitrogens with zero attached hydrogens (tertiary/aromatic N) is 3. The molecule has 3 heterocycles. The monoisotopic (exact) mass is 557 g/mol. The summed E-state index contributed by atoms with van der Waals surface area (Å²) in [6, 6.07) is 15.1. The summed E-state index contributed by atoms with van der Waals surface area (Å²) in [6.45, 7) is 7.75. The van der Waals surface area contributed by atoms with Gasteiger partial charge < -0.3 is 19.4 Å². The van der Waals surface area contributed by atoms with E-state index in [2.05, 4.69) is 34.6 Å². The molecular formula is C31H32FN5O4. The highest BCUT2D eigenvalue weighted by molar-refractivity contribution is 5.97. The second-order valence-corrected chi connectivity index (χ2v) is 10.5. The van der Waals surface area contributed by atoms with Crippen molar-refractivity contribution in [1.82, 2.24) is 25.8 Å². The van der Waals surface area contributed by atoms with Gasteiger partial charge in [-0.05, 0) is 81.3 Å². The molecule has 0 radical (unpaired) electrons. The van der Waals surface area contributed by atoms with E-state index in [1.54, 1.807) is 39.1 Å². The lowest BCUT2D eigenvalue weighted by Crippen LogP contribution is -2.41. The Morgan fingerprint density at radius 1 is 1.12 bits per heavy atom. The second kappa shape index (κ2) is 11.2. The maximum Gasteiger partial charge on any atom is 0.252 e. The van der Waals surface area contributed by atoms with Crippen LogP contribution in [0.2, 0.25) is 0 Å². The van der Waals surface area contributed by atoms with Gasteiger partial charge in [0, 0.05) is 22.1 Å². The van der Waals surface area contributed by atoms with Gasteiger partial charge in [-0.2, -0.15) is 4.98 Å². The molecular weight excluding hydrogens is 525 g/mol. The average Bonchev–Trinajstić information content (AvgIpc) is 3.65. The second-order valence-electron chi connectivity index (χ2n) is 10.5. The number of furan rings is 1. The Balaban J connectivity index is 1.64. The molecule has 9 nitrogen and oxygen atoms in total. The predicted octanol–water partition coefficient (Wildman–Crippen LogP) is 6.07. The molecule has 0 aliphatic carbocycles. The number of fused-ring (bicyclic) bond motifs is 1. The number of amides is 1. The van der Waals surface area contributed by atoms with Gasteiger partial charge >= 0.3 is 0 Å². The van der Waals surface area contributed by atoms with Crippen LogP contribution in [0.1, 0.15) is 73.7 Å². The summed E-state index contributed by atoms with van der Waals surface area (Å²) in [5.41, 5.74) is 3.47. The molecule has 212 valence electrons. The highest BCUT2D eigenvalue weighted by atomic mass is 19.1. The molecule has 2 aromatic carbocycles. The van der Waals surface area contributed by atoms with E-state index in [0.29, 0.717) is 39.4 Å². The van der Waals surface area contributed by atoms with Crippen molar-refractivity contribution in [2.24, 2.45) is 0 Å². The first-order chi connectivity index (χ1) is 19.6. The van der Waals surface area contributed by atoms with Gasteiger partial charge in [0.25, 0.3) is 5.91 Å². The summed E-state index contributed by atoms with van der Waals surface area (Å²) in [7, 11) is 1.64. The Morgan fingerprint density at radius 3 is 2.54 bits per heavy atom. The number of hydrogen-bond donors (Lipinski definition) is 3. The zero-order chi connectivity index (χ0) is 29.3. The van der Waals surface area contributed by atoms with Crippen LogP contribution in [0.5, 0.6) is 0 Å². The largest absolute Gasteiger partial charge is 0.437 e. The zero-order valence-corrected chi connectivity index (χ0v) is 23.5. The van der Waals surface area contributed by atoms with Gasteiger partial charge in [-0.1, -0.05) is 31.1 Å². The topological polar surface area (TPSA) is 126 Å². The number of aliphatic hydroxyl groups is 1. The fourth-order valence-electron chi connectivity index (χ4n) is 4.77. The number of benzene rings is 2. The van der Waals surface area contributed by atoms with E-state index in [9.17, 15) is 14.3 Å². The van der Waals surface area contributed by atoms with Gasteiger partial charge in [0.15, 0.2) is 5.82 Å². The van der Waals surface area contributed by atoms with E-state index < -0.39 is 11.8 Å². The number of halogens is 1. The Morgan fingerprint density at radius 2 is 1.88 bits per heavy atom. The summed E-state index contributed by atoms with van der Waals surface area (Å²) in [5, 5.41) is 21.3. The molecule has 41 heavy (non-hydrogen) atoms. The standard InChI is InChI=1S/C31H32FN5O4/c1-6-17(2)25-22(19-8-7-9-20(14-19)27(38)36-31(3,4)30-34-16-40-37-30)15-23-24(28(39)33-5)26(41-29(23)35-25)18-10-12-21(32)13-11-18/h7-17,28,33,39H,6H2,1-5H3,(H,36,38)/t17-,28-/m1/s1. The van der Waals surface area contributed by atoms with Crippen molar-refractivity contribution in [3.8, 4) is 22.5 Å². The van der Waals surface area contributed by atoms with Crippen molar-refractivity contribution in [2.75, 3.05) is 7.05 Å². The van der Waals surface area contributed by atoms with Crippen LogP contribution in [0.3, 0.4) is 0 Å². The third-order valence-electron chi connectivity index (χ3n) is 7.27. The molecule has 0 fully saturated rings. The third kappa shape index (κ3) is 5.48. The first kappa shape index (κ1) is 28.1. The smallest absolute Gasteiger partial charge is 0.252 e. The summed E-state index contributed by atoms with van der Waals surface area (Å²) in [5.74, 6) is 0.168. The highest BCUT2D eigenvalue weighted by Gasteiger charge is 2.29. The number of rotatable bonds is 9. The van der Waals surface area contributed by atoms with Crippen LogP contribution in [-0.2, 0) is 5.54 Å². The minimum atomic E-state index is -1.06. The summed E-state index contributed by atoms with van der Waals surface area (Å²) >= 11 is 0. The first-order valence-corrected chi connectivity index (χ1v) is 13.4. The van der Waals surface area contributed by atoms with Crippen molar-refractivity contribution in [3.05, 3.63) is 89.5 Å². The maximum absolute atomic E-state index is 13.7. The van der Waals surface area contributed by atoms with E-state index in [1.807, 2.05) is 24.3 Å². The molecule has 1 amide bonds. The molecule has 0 saturated carbocycles. The van der Waals surface area contributed by atoms with Crippen LogP contribution in [0.25, 0.3) is 33.6 Å². The van der Waals surface area contributed by atoms with E-state index in [-0.39, 0.29) is 17.6 Å². The van der Waals surface area contributed by atoms with Gasteiger partial charge in [-0.25, -0.2) is 9.37 Å². The van der Waals surface area contributed by atoms with E-state index in [1.165, 1.54) is 18.5 Å². The normalized spacial score (nSPS) is 13.3. The van der Waals surface area contributed by atoms with Crippen LogP contribution in [0, 0.1) is 5.82 Å². The third-order valence-corrected chi connectivity index (χ3v) is 7.27. The van der Waals surface area contributed by atoms with Crippen LogP contribution < -0.4 is 10.6 Å². The summed E-state index contributed by atoms with van der Waals surface area (Å²) in [4.78, 5) is 22.3. The number of nitrogens with one attached hydrogen (secondary N) is 2. The average molecular weight is 558 g/mol. The lowest BCUT2D eigenvalue weighted by molar-refractivity contribution is 0.0907. The van der Waals surface area contributed by atoms with Crippen molar-refractivity contribution in [1.29, 1.82) is 0 Å². The molecule has 0 aliphatic heterocycles. The first-order valence-electron chi connectivity index (χ1n) is 13.4. The molecule has 0 bridgehead atoms. The molecule has 5 aromatic rings. The van der Waals surface area contributed by atoms with Crippen molar-refractivity contribution < 1.29 is 23.2 Å². The zero-order valence-electron chi connectivity index (χ0n) is 23.5. The Hall–Kier alpha value is -4.41. The van der Waals surface area contributed by atoms with E-state index >= 15 is 0 Å². The number of hydrogen-bond acceptors (Lipinski definition) is 8. The van der Waals surface area contributed by atoms with Gasteiger partial charge in [-0.15, -0.1) is 0 Å². The number of pyridine rings is 1. The van der Waals surface area contributed by atoms with Crippen LogP contribution >= 0.6 is 0 Å². The van der Waals surface area contributed by atoms with Crippen LogP contribution in [0.15, 0.2) is 69.9 Å². The fourth-order valence-corrected chi connectivity index (χ4v) is 4.77. The maximum atomic E-state index is 13.7. The molecule has 0 saturated heterocycles. The van der Waals surface area contributed by atoms with Crippen molar-refractivity contribution in [2.45, 2.75) is 51.8 Å². The SMILES string of the molecule is CC[C@@H](C)c1nc2oc(-c3ccc(F)cc3)c([C@@H](O)NC)c2cc1-c1cccc(C(=O)NC(C)(C)c2ncon2)c1. The molecule has 5 rings (SSSR count). The lowest BCUT2D eigenvalue weighted by Gasteiger charge is -2.22. The molecule has 10 heteroatoms. The Labute approximate surface area is 236 Å². The molecule has 0 unspecified atom stereocenters. The van der Waals surface area contributed by atoms with Gasteiger partial charge in [0.2, 0.25) is 12.1 Å². The minimum Gasteiger partial charge on any atom is -0.437 e. The quantitative estimate of drug-likeness (QED) is 0.186. The van der Waals surface area contributed by atoms with Gasteiger partial charge in [-0.3, -0.25) is 10.1 Å². The Bertz CT molecular complexity index is 1680. The minimum absolute atomic E-state index is 0.0705. The number of carbonyl (C=O) groups is 1. The molecule has 0 aliphatic rings. The van der Waals surface area contributed by atoms with Crippen molar-refractivity contribution in [3.63, 3.8) is 0 Å². The Kier molecular flexibility index (Phi) is 7.70. The number of aliphatic hydroxyl groups excluding tert-OH is 1. The van der Waals surface area contributed by atoms with E-state index in [0.717, 1.165) is 23.2 Å². The molecule has 2 atom stereocenters. The molecule has 3 aromatic heterocycles. The summed E-state index contributed by atoms with van der Waals surface area (Å²) < 4.78 is 24.7. The predicted molar refractivity (Wildman–Crippen MR) is 152 cm³/mol. The van der Waals surface area contributed by atoms with Crippen LogP contribution in [-0.4, -0.2) is 33.2 Å². The van der Waals surface area contributed by atoms with Crippen molar-refractivity contribution >= 4 is 17.0 Å².